The minimum Gasteiger partial charge on any atom is -0.497 e. The van der Waals surface area contributed by atoms with Crippen LogP contribution in [0.1, 0.15) is 37.3 Å². The Kier molecular flexibility index (Phi) is 4.68. The molecule has 4 rings (SSSR count). The first-order chi connectivity index (χ1) is 12.3. The van der Waals surface area contributed by atoms with Gasteiger partial charge in [-0.2, -0.15) is 0 Å². The van der Waals surface area contributed by atoms with Crippen molar-refractivity contribution in [3.63, 3.8) is 0 Å². The van der Waals surface area contributed by atoms with Crippen molar-refractivity contribution in [2.24, 2.45) is 5.92 Å². The maximum absolute atomic E-state index is 6.25. The van der Waals surface area contributed by atoms with Crippen molar-refractivity contribution in [3.05, 3.63) is 47.7 Å². The van der Waals surface area contributed by atoms with Crippen LogP contribution in [-0.2, 0) is 17.9 Å². The first kappa shape index (κ1) is 16.5. The van der Waals surface area contributed by atoms with E-state index < -0.39 is 0 Å². The second-order valence-corrected chi connectivity index (χ2v) is 7.04. The Bertz CT molecular complexity index is 697. The fraction of sp³-hybridized carbons (Fsp3) is 0.500. The Hall–Kier alpha value is -1.98. The van der Waals surface area contributed by atoms with Crippen LogP contribution < -0.4 is 15.2 Å². The number of hydrogen-bond donors (Lipinski definition) is 2. The van der Waals surface area contributed by atoms with E-state index in [4.69, 9.17) is 9.47 Å². The van der Waals surface area contributed by atoms with Gasteiger partial charge in [-0.25, -0.2) is 5.43 Å². The van der Waals surface area contributed by atoms with Crippen molar-refractivity contribution < 1.29 is 9.47 Å². The molecule has 2 heterocycles. The standard InChI is InChI=1S/C20H27N3O2/c1-3-15-10-18(25-13-14-4-6-17(24-2)7-5-14)11-19(15)23-20-16(12-22-23)8-9-21-20/h4-9,15,18-19,21-22H,3,10-13H2,1-2H3/t15-,18+,19-/m0/s1. The first-order valence-electron chi connectivity index (χ1n) is 9.22. The molecule has 134 valence electrons. The number of nitrogens with zero attached hydrogens (tertiary/aromatic N) is 1. The number of hydrazine groups is 1. The largest absolute Gasteiger partial charge is 0.497 e. The lowest BCUT2D eigenvalue weighted by Crippen LogP contribution is -2.44. The van der Waals surface area contributed by atoms with Gasteiger partial charge in [-0.1, -0.05) is 25.5 Å². The summed E-state index contributed by atoms with van der Waals surface area (Å²) in [6, 6.07) is 10.8. The highest BCUT2D eigenvalue weighted by atomic mass is 16.5. The van der Waals surface area contributed by atoms with Gasteiger partial charge in [0.15, 0.2) is 0 Å². The molecule has 25 heavy (non-hydrogen) atoms. The minimum absolute atomic E-state index is 0.317. The molecule has 5 heteroatoms. The van der Waals surface area contributed by atoms with Crippen LogP contribution in [0.2, 0.25) is 0 Å². The highest BCUT2D eigenvalue weighted by Crippen LogP contribution is 2.38. The maximum atomic E-state index is 6.25. The molecule has 1 fully saturated rings. The molecule has 2 aliphatic rings. The van der Waals surface area contributed by atoms with Crippen molar-refractivity contribution in [3.8, 4) is 5.75 Å². The first-order valence-corrected chi connectivity index (χ1v) is 9.22. The van der Waals surface area contributed by atoms with E-state index in [9.17, 15) is 0 Å². The van der Waals surface area contributed by atoms with Gasteiger partial charge < -0.3 is 14.5 Å². The van der Waals surface area contributed by atoms with Crippen LogP contribution in [-0.4, -0.2) is 24.2 Å². The highest BCUT2D eigenvalue weighted by molar-refractivity contribution is 5.51. The smallest absolute Gasteiger partial charge is 0.125 e. The lowest BCUT2D eigenvalue weighted by atomic mass is 10.0. The topological polar surface area (TPSA) is 49.5 Å². The van der Waals surface area contributed by atoms with Crippen LogP contribution in [0.4, 0.5) is 5.82 Å². The van der Waals surface area contributed by atoms with Gasteiger partial charge in [0.25, 0.3) is 0 Å². The molecular formula is C20H27N3O2. The summed E-state index contributed by atoms with van der Waals surface area (Å²) in [4.78, 5) is 3.38. The summed E-state index contributed by atoms with van der Waals surface area (Å²) in [5.41, 5.74) is 6.10. The number of hydrogen-bond acceptors (Lipinski definition) is 4. The average molecular weight is 341 g/mol. The van der Waals surface area contributed by atoms with Crippen molar-refractivity contribution >= 4 is 5.82 Å². The molecule has 0 bridgehead atoms. The third-order valence-electron chi connectivity index (χ3n) is 5.60. The summed E-state index contributed by atoms with van der Waals surface area (Å²) < 4.78 is 11.5. The van der Waals surface area contributed by atoms with Crippen LogP contribution in [0.15, 0.2) is 36.5 Å². The van der Waals surface area contributed by atoms with E-state index in [1.807, 2.05) is 18.3 Å². The molecule has 0 unspecified atom stereocenters. The number of aromatic amines is 1. The second kappa shape index (κ2) is 7.10. The predicted molar refractivity (Wildman–Crippen MR) is 98.5 cm³/mol. The number of nitrogens with one attached hydrogen (secondary N) is 2. The lowest BCUT2D eigenvalue weighted by molar-refractivity contribution is 0.0422. The summed E-state index contributed by atoms with van der Waals surface area (Å²) in [6.07, 6.45) is 5.73. The monoisotopic (exact) mass is 341 g/mol. The number of ether oxygens (including phenoxy) is 2. The van der Waals surface area contributed by atoms with E-state index in [1.54, 1.807) is 7.11 Å². The summed E-state index contributed by atoms with van der Waals surface area (Å²) in [6.45, 7) is 3.87. The van der Waals surface area contributed by atoms with E-state index in [2.05, 4.69) is 40.5 Å². The normalized spacial score (nSPS) is 25.4. The molecule has 1 aromatic carbocycles. The molecule has 1 saturated carbocycles. The quantitative estimate of drug-likeness (QED) is 0.842. The Morgan fingerprint density at radius 2 is 2.00 bits per heavy atom. The van der Waals surface area contributed by atoms with Crippen molar-refractivity contribution in [2.45, 2.75) is 51.5 Å². The lowest BCUT2D eigenvalue weighted by Gasteiger charge is -2.30. The SMILES string of the molecule is CC[C@H]1C[C@@H](OCc2ccc(OC)cc2)C[C@@H]1N1NCc2cc[nH]c21. The average Bonchev–Trinajstić information content (AvgIpc) is 3.35. The Morgan fingerprint density at radius 3 is 2.76 bits per heavy atom. The van der Waals surface area contributed by atoms with Gasteiger partial charge >= 0.3 is 0 Å². The molecule has 0 spiro atoms. The number of rotatable bonds is 6. The molecule has 5 nitrogen and oxygen atoms in total. The van der Waals surface area contributed by atoms with Crippen molar-refractivity contribution in [1.29, 1.82) is 0 Å². The van der Waals surface area contributed by atoms with E-state index >= 15 is 0 Å². The molecule has 1 aromatic heterocycles. The van der Waals surface area contributed by atoms with Crippen molar-refractivity contribution in [1.82, 2.24) is 10.4 Å². The third kappa shape index (κ3) is 3.26. The Labute approximate surface area is 149 Å². The summed E-state index contributed by atoms with van der Waals surface area (Å²) in [5, 5.41) is 2.35. The van der Waals surface area contributed by atoms with Crippen LogP contribution in [0, 0.1) is 5.92 Å². The maximum Gasteiger partial charge on any atom is 0.125 e. The Balaban J connectivity index is 1.38. The zero-order chi connectivity index (χ0) is 17.2. The van der Waals surface area contributed by atoms with E-state index in [1.165, 1.54) is 23.4 Å². The van der Waals surface area contributed by atoms with E-state index in [-0.39, 0.29) is 0 Å². The fourth-order valence-electron chi connectivity index (χ4n) is 4.17. The van der Waals surface area contributed by atoms with E-state index in [0.29, 0.717) is 24.7 Å². The number of H-pyrrole nitrogens is 1. The number of benzene rings is 1. The number of fused-ring (bicyclic) bond motifs is 1. The molecule has 1 aliphatic carbocycles. The highest BCUT2D eigenvalue weighted by Gasteiger charge is 2.40. The second-order valence-electron chi connectivity index (χ2n) is 7.04. The summed E-state index contributed by atoms with van der Waals surface area (Å²) >= 11 is 0. The molecule has 2 aromatic rings. The van der Waals surface area contributed by atoms with Crippen LogP contribution >= 0.6 is 0 Å². The Morgan fingerprint density at radius 1 is 1.16 bits per heavy atom. The van der Waals surface area contributed by atoms with Gasteiger partial charge in [0.1, 0.15) is 11.6 Å². The van der Waals surface area contributed by atoms with Gasteiger partial charge in [-0.15, -0.1) is 0 Å². The fourth-order valence-corrected chi connectivity index (χ4v) is 4.17. The van der Waals surface area contributed by atoms with Gasteiger partial charge in [0, 0.05) is 18.3 Å². The van der Waals surface area contributed by atoms with Crippen LogP contribution in [0.25, 0.3) is 0 Å². The molecule has 3 atom stereocenters. The summed E-state index contributed by atoms with van der Waals surface area (Å²) in [5.74, 6) is 2.78. The molecule has 1 aliphatic heterocycles. The van der Waals surface area contributed by atoms with Gasteiger partial charge in [-0.05, 0) is 42.5 Å². The molecule has 0 amide bonds. The number of anilines is 1. The van der Waals surface area contributed by atoms with Gasteiger partial charge in [0.2, 0.25) is 0 Å². The van der Waals surface area contributed by atoms with Crippen LogP contribution in [0.5, 0.6) is 5.75 Å². The zero-order valence-corrected chi connectivity index (χ0v) is 15.0. The van der Waals surface area contributed by atoms with E-state index in [0.717, 1.165) is 25.1 Å². The van der Waals surface area contributed by atoms with Gasteiger partial charge in [0.05, 0.1) is 25.9 Å². The zero-order valence-electron chi connectivity index (χ0n) is 15.0. The minimum atomic E-state index is 0.317. The molecule has 0 saturated heterocycles. The predicted octanol–water partition coefficient (Wildman–Crippen LogP) is 3.62. The number of aromatic nitrogens is 1. The molecular weight excluding hydrogens is 314 g/mol. The molecule has 0 radical (unpaired) electrons. The summed E-state index contributed by atoms with van der Waals surface area (Å²) in [7, 11) is 1.69. The van der Waals surface area contributed by atoms with Crippen molar-refractivity contribution in [2.75, 3.05) is 12.1 Å². The number of methoxy groups -OCH3 is 1. The third-order valence-corrected chi connectivity index (χ3v) is 5.60. The van der Waals surface area contributed by atoms with Crippen LogP contribution in [0.3, 0.4) is 0 Å². The van der Waals surface area contributed by atoms with Gasteiger partial charge in [-0.3, -0.25) is 5.01 Å². The molecule has 2 N–H and O–H groups in total.